The van der Waals surface area contributed by atoms with Gasteiger partial charge in [-0.25, -0.2) is 0 Å². The normalized spacial score (nSPS) is 12.0. The molecule has 5 heteroatoms. The van der Waals surface area contributed by atoms with Gasteiger partial charge in [-0.1, -0.05) is 53.7 Å². The maximum absolute atomic E-state index is 12.5. The van der Waals surface area contributed by atoms with Crippen LogP contribution in [0.15, 0.2) is 21.5 Å². The molecule has 0 unspecified atom stereocenters. The van der Waals surface area contributed by atoms with Crippen molar-refractivity contribution >= 4 is 16.7 Å². The van der Waals surface area contributed by atoms with Crippen LogP contribution in [0.5, 0.6) is 0 Å². The van der Waals surface area contributed by atoms with Gasteiger partial charge < -0.3 is 0 Å². The second-order valence-electron chi connectivity index (χ2n) is 6.19. The summed E-state index contributed by atoms with van der Waals surface area (Å²) in [6.45, 7) is 15.3. The molecule has 0 saturated carbocycles. The Morgan fingerprint density at radius 2 is 1.38 bits per heavy atom. The summed E-state index contributed by atoms with van der Waals surface area (Å²) in [4.78, 5) is 3.52. The number of hydrogen-bond donors (Lipinski definition) is 0. The molecule has 1 aromatic carbocycles. The lowest BCUT2D eigenvalue weighted by Gasteiger charge is -2.20. The molecule has 0 aliphatic carbocycles. The van der Waals surface area contributed by atoms with Crippen LogP contribution in [0.4, 0.5) is 0 Å². The Morgan fingerprint density at radius 1 is 0.952 bits per heavy atom. The average molecular weight is 309 g/mol. The summed E-state index contributed by atoms with van der Waals surface area (Å²) in [7, 11) is -3.81. The first-order valence-corrected chi connectivity index (χ1v) is 8.66. The minimum atomic E-state index is -3.81. The molecule has 0 saturated heterocycles. The summed E-state index contributed by atoms with van der Waals surface area (Å²) in [5.74, 6) is 0.517. The highest BCUT2D eigenvalue weighted by molar-refractivity contribution is 7.90. The van der Waals surface area contributed by atoms with Crippen LogP contribution < -0.4 is 0 Å². The molecule has 0 amide bonds. The number of rotatable bonds is 5. The van der Waals surface area contributed by atoms with Crippen molar-refractivity contribution in [3.8, 4) is 0 Å². The number of sulfonamides is 1. The average Bonchev–Trinajstić information content (AvgIpc) is 2.36. The molecule has 0 aliphatic rings. The van der Waals surface area contributed by atoms with Crippen LogP contribution in [0.1, 0.15) is 76.0 Å². The quantitative estimate of drug-likeness (QED) is 0.467. The minimum Gasteiger partial charge on any atom is -0.193 e. The third-order valence-corrected chi connectivity index (χ3v) is 4.82. The van der Waals surface area contributed by atoms with Crippen LogP contribution in [0.2, 0.25) is 0 Å². The molecule has 0 aromatic heterocycles. The van der Waals surface area contributed by atoms with E-state index in [0.29, 0.717) is 10.8 Å². The standard InChI is InChI=1S/C16H25N2O2S/c1-10(2)13-8-14(11(3)4)16(15(9-13)12(5)6)21(19,20)18-17-7/h8-12H,7H2,1-6H3/q+1. The van der Waals surface area contributed by atoms with Gasteiger partial charge in [0.25, 0.3) is 6.72 Å². The molecule has 0 spiro atoms. The molecule has 116 valence electrons. The topological polar surface area (TPSA) is 60.6 Å². The summed E-state index contributed by atoms with van der Waals surface area (Å²) in [6.07, 6.45) is 0. The van der Waals surface area contributed by atoms with Gasteiger partial charge in [0.05, 0.1) is 4.79 Å². The molecule has 0 aliphatic heterocycles. The van der Waals surface area contributed by atoms with Gasteiger partial charge >= 0.3 is 10.0 Å². The van der Waals surface area contributed by atoms with Gasteiger partial charge in [0.2, 0.25) is 4.52 Å². The molecular weight excluding hydrogens is 284 g/mol. The van der Waals surface area contributed by atoms with Gasteiger partial charge in [0, 0.05) is 0 Å². The third kappa shape index (κ3) is 3.80. The van der Waals surface area contributed by atoms with Gasteiger partial charge in [0.1, 0.15) is 4.90 Å². The van der Waals surface area contributed by atoms with E-state index in [-0.39, 0.29) is 11.8 Å². The smallest absolute Gasteiger partial charge is 0.193 e. The first kappa shape index (κ1) is 17.6. The van der Waals surface area contributed by atoms with Gasteiger partial charge in [0.15, 0.2) is 0 Å². The van der Waals surface area contributed by atoms with Crippen molar-refractivity contribution in [2.24, 2.45) is 4.52 Å². The predicted molar refractivity (Wildman–Crippen MR) is 85.7 cm³/mol. The lowest BCUT2D eigenvalue weighted by atomic mass is 9.89. The van der Waals surface area contributed by atoms with Gasteiger partial charge in [-0.15, -0.1) is 0 Å². The number of hydrogen-bond acceptors (Lipinski definition) is 2. The lowest BCUT2D eigenvalue weighted by Crippen LogP contribution is -2.10. The fraction of sp³-hybridized carbons (Fsp3) is 0.562. The lowest BCUT2D eigenvalue weighted by molar-refractivity contribution is -0.0548. The fourth-order valence-corrected chi connectivity index (χ4v) is 3.72. The highest BCUT2D eigenvalue weighted by atomic mass is 32.2. The first-order chi connectivity index (χ1) is 9.61. The summed E-state index contributed by atoms with van der Waals surface area (Å²) in [5.41, 5.74) is 2.75. The molecule has 0 N–H and O–H groups in total. The Labute approximate surface area is 128 Å². The van der Waals surface area contributed by atoms with Crippen molar-refractivity contribution in [3.05, 3.63) is 28.8 Å². The number of nitrogens with zero attached hydrogens (tertiary/aromatic N) is 2. The van der Waals surface area contributed by atoms with E-state index < -0.39 is 10.0 Å². The van der Waals surface area contributed by atoms with E-state index in [1.807, 2.05) is 39.8 Å². The predicted octanol–water partition coefficient (Wildman–Crippen LogP) is 4.11. The van der Waals surface area contributed by atoms with E-state index in [1.165, 1.54) is 0 Å². The zero-order chi connectivity index (χ0) is 16.4. The SMILES string of the molecule is C=[N+]=NS(=O)(=O)c1c(C(C)C)cc(C(C)C)cc1C(C)C. The molecule has 0 bridgehead atoms. The van der Waals surface area contributed by atoms with Crippen LogP contribution in [-0.4, -0.2) is 19.9 Å². The first-order valence-electron chi connectivity index (χ1n) is 7.22. The van der Waals surface area contributed by atoms with Crippen LogP contribution in [0.25, 0.3) is 0 Å². The van der Waals surface area contributed by atoms with Crippen molar-refractivity contribution < 1.29 is 13.2 Å². The van der Waals surface area contributed by atoms with E-state index in [0.717, 1.165) is 16.7 Å². The van der Waals surface area contributed by atoms with E-state index >= 15 is 0 Å². The second-order valence-corrected chi connectivity index (χ2v) is 7.71. The maximum Gasteiger partial charge on any atom is 0.353 e. The molecule has 0 atom stereocenters. The Kier molecular flexibility index (Phi) is 5.48. The summed E-state index contributed by atoms with van der Waals surface area (Å²) >= 11 is 0. The van der Waals surface area contributed by atoms with Crippen LogP contribution >= 0.6 is 0 Å². The summed E-state index contributed by atoms with van der Waals surface area (Å²) in [5, 5.41) is 0. The monoisotopic (exact) mass is 309 g/mol. The van der Waals surface area contributed by atoms with E-state index in [4.69, 9.17) is 0 Å². The summed E-state index contributed by atoms with van der Waals surface area (Å²) < 4.78 is 28.3. The zero-order valence-electron chi connectivity index (χ0n) is 13.7. The van der Waals surface area contributed by atoms with Crippen LogP contribution in [-0.2, 0) is 10.0 Å². The van der Waals surface area contributed by atoms with Gasteiger partial charge in [-0.3, -0.25) is 0 Å². The Bertz CT molecular complexity index is 639. The van der Waals surface area contributed by atoms with Gasteiger partial charge in [-0.2, -0.15) is 8.42 Å². The van der Waals surface area contributed by atoms with Crippen molar-refractivity contribution in [1.82, 2.24) is 0 Å². The van der Waals surface area contributed by atoms with E-state index in [2.05, 4.69) is 29.9 Å². The molecule has 0 radical (unpaired) electrons. The fourth-order valence-electron chi connectivity index (χ4n) is 2.30. The molecular formula is C16H25N2O2S+. The molecule has 1 rings (SSSR count). The zero-order valence-corrected chi connectivity index (χ0v) is 14.5. The van der Waals surface area contributed by atoms with Crippen LogP contribution in [0, 0.1) is 0 Å². The van der Waals surface area contributed by atoms with Crippen molar-refractivity contribution in [1.29, 1.82) is 0 Å². The Balaban J connectivity index is 3.87. The van der Waals surface area contributed by atoms with E-state index in [9.17, 15) is 8.42 Å². The van der Waals surface area contributed by atoms with Gasteiger partial charge in [-0.05, 0) is 34.4 Å². The third-order valence-electron chi connectivity index (χ3n) is 3.50. The Hall–Kier alpha value is -1.45. The highest BCUT2D eigenvalue weighted by Crippen LogP contribution is 2.35. The molecule has 21 heavy (non-hydrogen) atoms. The van der Waals surface area contributed by atoms with Crippen molar-refractivity contribution in [2.45, 2.75) is 64.2 Å². The molecule has 4 nitrogen and oxygen atoms in total. The highest BCUT2D eigenvalue weighted by Gasteiger charge is 2.29. The molecule has 1 aromatic rings. The summed E-state index contributed by atoms with van der Waals surface area (Å²) in [6, 6.07) is 3.96. The molecule has 0 heterocycles. The van der Waals surface area contributed by atoms with E-state index in [1.54, 1.807) is 0 Å². The number of benzene rings is 1. The Morgan fingerprint density at radius 3 is 1.67 bits per heavy atom. The second kappa shape index (κ2) is 6.54. The minimum absolute atomic E-state index is 0.0889. The van der Waals surface area contributed by atoms with Crippen LogP contribution in [0.3, 0.4) is 0 Å². The van der Waals surface area contributed by atoms with Crippen molar-refractivity contribution in [3.63, 3.8) is 0 Å². The van der Waals surface area contributed by atoms with Crippen molar-refractivity contribution in [2.75, 3.05) is 0 Å². The molecule has 0 fully saturated rings. The largest absolute Gasteiger partial charge is 0.353 e. The maximum atomic E-state index is 12.5.